The zero-order valence-corrected chi connectivity index (χ0v) is 14.4. The number of hydrogen-bond donors (Lipinski definition) is 2. The molecule has 0 bridgehead atoms. The van der Waals surface area contributed by atoms with Gasteiger partial charge in [0.1, 0.15) is 0 Å². The first-order valence-electron chi connectivity index (χ1n) is 7.14. The Balaban J connectivity index is 2.04. The Morgan fingerprint density at radius 2 is 1.95 bits per heavy atom. The smallest absolute Gasteiger partial charge is 0.254 e. The second kappa shape index (κ2) is 7.17. The van der Waals surface area contributed by atoms with E-state index in [1.165, 1.54) is 11.3 Å². The molecular weight excluding hydrogens is 308 g/mol. The highest BCUT2D eigenvalue weighted by atomic mass is 32.2. The van der Waals surface area contributed by atoms with Crippen molar-refractivity contribution in [1.82, 2.24) is 20.1 Å². The van der Waals surface area contributed by atoms with Crippen LogP contribution in [-0.4, -0.2) is 57.6 Å². The van der Waals surface area contributed by atoms with Gasteiger partial charge in [-0.15, -0.1) is 16.2 Å². The summed E-state index contributed by atoms with van der Waals surface area (Å²) >= 11 is 1.47. The molecule has 2 heterocycles. The molecule has 1 aliphatic heterocycles. The third-order valence-electron chi connectivity index (χ3n) is 3.42. The summed E-state index contributed by atoms with van der Waals surface area (Å²) in [6, 6.07) is 2.01. The quantitative estimate of drug-likeness (QED) is 0.802. The van der Waals surface area contributed by atoms with Crippen LogP contribution in [0.3, 0.4) is 0 Å². The Morgan fingerprint density at radius 1 is 1.29 bits per heavy atom. The second-order valence-electron chi connectivity index (χ2n) is 5.63. The molecule has 2 rings (SSSR count). The van der Waals surface area contributed by atoms with Crippen LogP contribution in [0.4, 0.5) is 0 Å². The number of rotatable bonds is 6. The first kappa shape index (κ1) is 16.9. The van der Waals surface area contributed by atoms with Crippen molar-refractivity contribution < 1.29 is 8.42 Å². The van der Waals surface area contributed by atoms with Crippen molar-refractivity contribution in [3.8, 4) is 0 Å². The largest absolute Gasteiger partial charge is 0.310 e. The van der Waals surface area contributed by atoms with Crippen LogP contribution in [-0.2, 0) is 16.6 Å². The number of likely N-dealkylation sites (N-methyl/N-ethyl adjacent to an activating group) is 1. The minimum Gasteiger partial charge on any atom is -0.310 e. The number of nitrogens with one attached hydrogen (secondary N) is 2. The van der Waals surface area contributed by atoms with E-state index in [-0.39, 0.29) is 0 Å². The minimum atomic E-state index is -3.48. The van der Waals surface area contributed by atoms with Crippen LogP contribution in [0, 0.1) is 0 Å². The standard InChI is InChI=1S/C13H24N4O2S2/c1-11(2)14-10-12-13(4-9-20-12)21(18,19)15-17-7-5-16(3)6-8-17/h4,9,11,14-15H,5-8,10H2,1-3H3. The number of nitrogens with zero attached hydrogens (tertiary/aromatic N) is 2. The molecule has 0 aromatic carbocycles. The van der Waals surface area contributed by atoms with E-state index >= 15 is 0 Å². The van der Waals surface area contributed by atoms with Crippen molar-refractivity contribution in [3.63, 3.8) is 0 Å². The lowest BCUT2D eigenvalue weighted by molar-refractivity contribution is 0.135. The average molecular weight is 332 g/mol. The van der Waals surface area contributed by atoms with Crippen LogP contribution in [0.25, 0.3) is 0 Å². The van der Waals surface area contributed by atoms with Crippen molar-refractivity contribution in [2.24, 2.45) is 0 Å². The summed E-state index contributed by atoms with van der Waals surface area (Å²) in [5.74, 6) is 0. The predicted octanol–water partition coefficient (Wildman–Crippen LogP) is 0.687. The van der Waals surface area contributed by atoms with Gasteiger partial charge < -0.3 is 10.2 Å². The Bertz CT molecular complexity index is 548. The minimum absolute atomic E-state index is 0.327. The molecule has 0 radical (unpaired) electrons. The number of sulfonamides is 1. The van der Waals surface area contributed by atoms with Gasteiger partial charge in [-0.3, -0.25) is 0 Å². The van der Waals surface area contributed by atoms with E-state index in [0.29, 0.717) is 30.6 Å². The van der Waals surface area contributed by atoms with Crippen LogP contribution in [0.2, 0.25) is 0 Å². The Kier molecular flexibility index (Phi) is 5.75. The first-order chi connectivity index (χ1) is 9.88. The van der Waals surface area contributed by atoms with E-state index in [0.717, 1.165) is 18.0 Å². The van der Waals surface area contributed by atoms with Crippen molar-refractivity contribution in [1.29, 1.82) is 0 Å². The molecule has 0 amide bonds. The van der Waals surface area contributed by atoms with Gasteiger partial charge >= 0.3 is 0 Å². The van der Waals surface area contributed by atoms with Gasteiger partial charge in [-0.05, 0) is 18.5 Å². The van der Waals surface area contributed by atoms with Gasteiger partial charge in [-0.2, -0.15) is 0 Å². The maximum Gasteiger partial charge on any atom is 0.254 e. The van der Waals surface area contributed by atoms with E-state index in [4.69, 9.17) is 0 Å². The fraction of sp³-hybridized carbons (Fsp3) is 0.692. The van der Waals surface area contributed by atoms with Crippen molar-refractivity contribution in [2.45, 2.75) is 31.3 Å². The summed E-state index contributed by atoms with van der Waals surface area (Å²) in [4.78, 5) is 6.13. The van der Waals surface area contributed by atoms with Crippen LogP contribution >= 0.6 is 11.3 Å². The van der Waals surface area contributed by atoms with E-state index in [9.17, 15) is 8.42 Å². The fourth-order valence-electron chi connectivity index (χ4n) is 2.11. The third kappa shape index (κ3) is 4.73. The van der Waals surface area contributed by atoms with Crippen molar-refractivity contribution >= 4 is 21.4 Å². The van der Waals surface area contributed by atoms with E-state index in [1.807, 2.05) is 26.3 Å². The summed E-state index contributed by atoms with van der Waals surface area (Å²) in [6.45, 7) is 7.82. The monoisotopic (exact) mass is 332 g/mol. The highest BCUT2D eigenvalue weighted by Gasteiger charge is 2.24. The van der Waals surface area contributed by atoms with Gasteiger partial charge in [0.05, 0.1) is 4.90 Å². The van der Waals surface area contributed by atoms with Crippen LogP contribution in [0.1, 0.15) is 18.7 Å². The lowest BCUT2D eigenvalue weighted by Gasteiger charge is -2.32. The van der Waals surface area contributed by atoms with E-state index < -0.39 is 10.0 Å². The summed E-state index contributed by atoms with van der Waals surface area (Å²) in [5.41, 5.74) is 0. The zero-order chi connectivity index (χ0) is 15.5. The SMILES string of the molecule is CC(C)NCc1sccc1S(=O)(=O)NN1CCN(C)CC1. The summed E-state index contributed by atoms with van der Waals surface area (Å²) in [5, 5.41) is 6.88. The molecule has 6 nitrogen and oxygen atoms in total. The molecule has 2 N–H and O–H groups in total. The maximum atomic E-state index is 12.5. The highest BCUT2D eigenvalue weighted by Crippen LogP contribution is 2.22. The summed E-state index contributed by atoms with van der Waals surface area (Å²) < 4.78 is 25.0. The van der Waals surface area contributed by atoms with Gasteiger partial charge in [0.2, 0.25) is 0 Å². The molecule has 0 atom stereocenters. The average Bonchev–Trinajstić information content (AvgIpc) is 2.88. The third-order valence-corrected chi connectivity index (χ3v) is 5.93. The Hall–Kier alpha value is -0.510. The van der Waals surface area contributed by atoms with Gasteiger partial charge in [0.25, 0.3) is 10.0 Å². The lowest BCUT2D eigenvalue weighted by atomic mass is 10.4. The molecule has 1 aromatic rings. The highest BCUT2D eigenvalue weighted by molar-refractivity contribution is 7.89. The molecule has 0 spiro atoms. The van der Waals surface area contributed by atoms with Crippen molar-refractivity contribution in [3.05, 3.63) is 16.3 Å². The van der Waals surface area contributed by atoms with Crippen LogP contribution in [0.15, 0.2) is 16.3 Å². The van der Waals surface area contributed by atoms with Crippen LogP contribution < -0.4 is 10.1 Å². The molecule has 8 heteroatoms. The molecule has 0 aliphatic carbocycles. The second-order valence-corrected chi connectivity index (χ2v) is 8.26. The molecule has 21 heavy (non-hydrogen) atoms. The number of hydrazine groups is 1. The molecule has 120 valence electrons. The van der Waals surface area contributed by atoms with E-state index in [2.05, 4.69) is 15.0 Å². The maximum absolute atomic E-state index is 12.5. The molecule has 0 unspecified atom stereocenters. The molecule has 1 aromatic heterocycles. The topological polar surface area (TPSA) is 64.7 Å². The van der Waals surface area contributed by atoms with Crippen molar-refractivity contribution in [2.75, 3.05) is 33.2 Å². The van der Waals surface area contributed by atoms with Gasteiger partial charge in [-0.25, -0.2) is 13.4 Å². The fourth-order valence-corrected chi connectivity index (χ4v) is 4.63. The lowest BCUT2D eigenvalue weighted by Crippen LogP contribution is -2.52. The van der Waals surface area contributed by atoms with Crippen LogP contribution in [0.5, 0.6) is 0 Å². The molecule has 1 fully saturated rings. The predicted molar refractivity (Wildman–Crippen MR) is 85.7 cm³/mol. The zero-order valence-electron chi connectivity index (χ0n) is 12.8. The normalized spacial score (nSPS) is 18.5. The summed E-state index contributed by atoms with van der Waals surface area (Å²) in [7, 11) is -1.44. The molecule has 0 saturated carbocycles. The van der Waals surface area contributed by atoms with Gasteiger partial charge in [0, 0.05) is 43.6 Å². The molecule has 1 aliphatic rings. The first-order valence-corrected chi connectivity index (χ1v) is 9.50. The number of hydrogen-bond acceptors (Lipinski definition) is 6. The Labute approximate surface area is 131 Å². The van der Waals surface area contributed by atoms with Gasteiger partial charge in [0.15, 0.2) is 0 Å². The Morgan fingerprint density at radius 3 is 2.57 bits per heavy atom. The van der Waals surface area contributed by atoms with Gasteiger partial charge in [-0.1, -0.05) is 13.8 Å². The number of piperazine rings is 1. The van der Waals surface area contributed by atoms with E-state index in [1.54, 1.807) is 11.1 Å². The number of thiophene rings is 1. The molecular formula is C13H24N4O2S2. The summed E-state index contributed by atoms with van der Waals surface area (Å²) in [6.07, 6.45) is 0. The molecule has 1 saturated heterocycles.